The number of nitrogens with two attached hydrogens (primary N) is 1. The van der Waals surface area contributed by atoms with E-state index in [0.717, 1.165) is 15.5 Å². The van der Waals surface area contributed by atoms with Crippen molar-refractivity contribution < 1.29 is 13.9 Å². The molecular weight excluding hydrogens is 387 g/mol. The lowest BCUT2D eigenvalue weighted by Gasteiger charge is -2.05. The van der Waals surface area contributed by atoms with Crippen LogP contribution >= 0.6 is 23.1 Å². The number of carbonyl (C=O) groups is 1. The molecule has 2 aromatic carbocycles. The Balaban J connectivity index is 1.50. The first-order valence-corrected chi connectivity index (χ1v) is 9.83. The normalized spacial score (nSPS) is 10.6. The van der Waals surface area contributed by atoms with E-state index in [-0.39, 0.29) is 12.4 Å². The molecule has 3 rings (SSSR count). The molecule has 1 aromatic heterocycles. The molecule has 1 amide bonds. The highest BCUT2D eigenvalue weighted by molar-refractivity contribution is 8.00. The Morgan fingerprint density at radius 2 is 2.00 bits per heavy atom. The molecule has 27 heavy (non-hydrogen) atoms. The third-order valence-electron chi connectivity index (χ3n) is 3.41. The number of rotatable bonds is 9. The molecule has 0 bridgehead atoms. The van der Waals surface area contributed by atoms with Crippen molar-refractivity contribution in [2.45, 2.75) is 16.6 Å². The number of aromatic nitrogens is 2. The molecule has 0 saturated heterocycles. The highest BCUT2D eigenvalue weighted by Crippen LogP contribution is 2.29. The van der Waals surface area contributed by atoms with Crippen LogP contribution in [0.1, 0.15) is 11.1 Å². The Kier molecular flexibility index (Phi) is 6.61. The highest BCUT2D eigenvalue weighted by atomic mass is 32.2. The van der Waals surface area contributed by atoms with Crippen molar-refractivity contribution in [1.82, 2.24) is 10.2 Å². The molecule has 1 heterocycles. The molecule has 0 unspecified atom stereocenters. The first-order chi connectivity index (χ1) is 13.1. The molecule has 9 heteroatoms. The molecule has 0 atom stereocenters. The van der Waals surface area contributed by atoms with Gasteiger partial charge in [0.05, 0.1) is 0 Å². The zero-order valence-electron chi connectivity index (χ0n) is 14.2. The van der Waals surface area contributed by atoms with Crippen molar-refractivity contribution in [3.8, 4) is 5.75 Å². The largest absolute Gasteiger partial charge is 0.484 e. The van der Waals surface area contributed by atoms with Crippen LogP contribution in [-0.4, -0.2) is 22.7 Å². The van der Waals surface area contributed by atoms with Crippen LogP contribution in [0.2, 0.25) is 0 Å². The van der Waals surface area contributed by atoms with Crippen LogP contribution in [0.15, 0.2) is 52.9 Å². The lowest BCUT2D eigenvalue weighted by Crippen LogP contribution is -2.20. The molecule has 0 saturated carbocycles. The number of thioether (sulfide) groups is 1. The number of nitrogens with zero attached hydrogens (tertiary/aromatic N) is 2. The van der Waals surface area contributed by atoms with E-state index in [0.29, 0.717) is 23.2 Å². The van der Waals surface area contributed by atoms with Crippen LogP contribution in [0.4, 0.5) is 9.52 Å². The van der Waals surface area contributed by atoms with Crippen LogP contribution in [0.3, 0.4) is 0 Å². The van der Waals surface area contributed by atoms with E-state index in [1.807, 2.05) is 18.2 Å². The van der Waals surface area contributed by atoms with Gasteiger partial charge in [-0.15, -0.1) is 10.2 Å². The summed E-state index contributed by atoms with van der Waals surface area (Å²) in [7, 11) is 0. The molecule has 0 radical (unpaired) electrons. The first-order valence-electron chi connectivity index (χ1n) is 8.03. The maximum absolute atomic E-state index is 12.9. The van der Waals surface area contributed by atoms with Crippen molar-refractivity contribution in [3.63, 3.8) is 0 Å². The fourth-order valence-corrected chi connectivity index (χ4v) is 3.83. The van der Waals surface area contributed by atoms with E-state index in [4.69, 9.17) is 10.5 Å². The second kappa shape index (κ2) is 9.33. The van der Waals surface area contributed by atoms with Gasteiger partial charge in [0.1, 0.15) is 11.6 Å². The Morgan fingerprint density at radius 3 is 2.78 bits per heavy atom. The molecule has 6 nitrogen and oxygen atoms in total. The maximum atomic E-state index is 12.9. The van der Waals surface area contributed by atoms with Gasteiger partial charge in [-0.05, 0) is 35.4 Å². The van der Waals surface area contributed by atoms with Gasteiger partial charge in [0.15, 0.2) is 10.9 Å². The minimum Gasteiger partial charge on any atom is -0.484 e. The van der Waals surface area contributed by atoms with E-state index < -0.39 is 5.91 Å². The Hall–Kier alpha value is -2.65. The van der Waals surface area contributed by atoms with E-state index in [1.165, 1.54) is 23.5 Å². The predicted octanol–water partition coefficient (Wildman–Crippen LogP) is 3.45. The predicted molar refractivity (Wildman–Crippen MR) is 104 cm³/mol. The first kappa shape index (κ1) is 19.1. The lowest BCUT2D eigenvalue weighted by molar-refractivity contribution is -0.119. The van der Waals surface area contributed by atoms with Crippen molar-refractivity contribution in [1.29, 1.82) is 0 Å². The van der Waals surface area contributed by atoms with Crippen LogP contribution in [-0.2, 0) is 17.1 Å². The summed E-state index contributed by atoms with van der Waals surface area (Å²) in [6.07, 6.45) is 0. The van der Waals surface area contributed by atoms with Gasteiger partial charge in [-0.25, -0.2) is 4.39 Å². The molecular formula is C18H17FN4O2S2. The number of hydrogen-bond acceptors (Lipinski definition) is 7. The molecule has 0 fully saturated rings. The number of primary amides is 1. The van der Waals surface area contributed by atoms with Gasteiger partial charge in [0.25, 0.3) is 5.91 Å². The Labute approximate surface area is 164 Å². The molecule has 140 valence electrons. The summed E-state index contributed by atoms with van der Waals surface area (Å²) >= 11 is 3.02. The number of anilines is 1. The van der Waals surface area contributed by atoms with Crippen LogP contribution in [0, 0.1) is 5.82 Å². The number of amides is 1. The summed E-state index contributed by atoms with van der Waals surface area (Å²) in [5.74, 6) is 0.535. The summed E-state index contributed by atoms with van der Waals surface area (Å²) in [6.45, 7) is 0.412. The topological polar surface area (TPSA) is 90.1 Å². The minimum absolute atomic E-state index is 0.143. The number of carbonyl (C=O) groups excluding carboxylic acids is 1. The number of halogens is 1. The van der Waals surface area contributed by atoms with Crippen molar-refractivity contribution in [2.24, 2.45) is 5.73 Å². The maximum Gasteiger partial charge on any atom is 0.255 e. The molecule has 3 aromatic rings. The second-order valence-electron chi connectivity index (χ2n) is 5.54. The summed E-state index contributed by atoms with van der Waals surface area (Å²) in [4.78, 5) is 10.8. The van der Waals surface area contributed by atoms with Gasteiger partial charge in [-0.3, -0.25) is 4.79 Å². The zero-order chi connectivity index (χ0) is 19.1. The summed E-state index contributed by atoms with van der Waals surface area (Å²) in [5, 5.41) is 12.2. The standard InChI is InChI=1S/C18H17FN4O2S2/c19-14-6-4-12(5-7-14)9-21-17-22-23-18(27-17)26-11-13-2-1-3-15(8-13)25-10-16(20)24/h1-8H,9-11H2,(H2,20,24)(H,21,22). The summed E-state index contributed by atoms with van der Waals surface area (Å²) < 4.78 is 19.0. The van der Waals surface area contributed by atoms with Crippen molar-refractivity contribution >= 4 is 34.1 Å². The average molecular weight is 404 g/mol. The number of hydrogen-bond donors (Lipinski definition) is 2. The second-order valence-corrected chi connectivity index (χ2v) is 7.74. The van der Waals surface area contributed by atoms with E-state index in [2.05, 4.69) is 15.5 Å². The molecule has 0 aliphatic carbocycles. The number of benzene rings is 2. The van der Waals surface area contributed by atoms with Crippen LogP contribution in [0.25, 0.3) is 0 Å². The third kappa shape index (κ3) is 6.22. The fourth-order valence-electron chi connectivity index (χ4n) is 2.14. The van der Waals surface area contributed by atoms with Gasteiger partial charge in [0.2, 0.25) is 5.13 Å². The zero-order valence-corrected chi connectivity index (χ0v) is 15.9. The third-order valence-corrected chi connectivity index (χ3v) is 5.49. The number of ether oxygens (including phenoxy) is 1. The number of nitrogens with one attached hydrogen (secondary N) is 1. The molecule has 3 N–H and O–H groups in total. The van der Waals surface area contributed by atoms with Gasteiger partial charge >= 0.3 is 0 Å². The SMILES string of the molecule is NC(=O)COc1cccc(CSc2nnc(NCc3ccc(F)cc3)s2)c1. The Morgan fingerprint density at radius 1 is 1.19 bits per heavy atom. The van der Waals surface area contributed by atoms with E-state index in [1.54, 1.807) is 30.0 Å². The monoisotopic (exact) mass is 404 g/mol. The van der Waals surface area contributed by atoms with Crippen LogP contribution in [0.5, 0.6) is 5.75 Å². The van der Waals surface area contributed by atoms with Crippen LogP contribution < -0.4 is 15.8 Å². The highest BCUT2D eigenvalue weighted by Gasteiger charge is 2.06. The van der Waals surface area contributed by atoms with E-state index >= 15 is 0 Å². The molecule has 0 aliphatic heterocycles. The van der Waals surface area contributed by atoms with Gasteiger partial charge in [0, 0.05) is 12.3 Å². The smallest absolute Gasteiger partial charge is 0.255 e. The molecule has 0 aliphatic rings. The van der Waals surface area contributed by atoms with Gasteiger partial charge < -0.3 is 15.8 Å². The average Bonchev–Trinajstić information content (AvgIpc) is 3.13. The summed E-state index contributed by atoms with van der Waals surface area (Å²) in [5.41, 5.74) is 7.09. The minimum atomic E-state index is -0.510. The lowest BCUT2D eigenvalue weighted by atomic mass is 10.2. The van der Waals surface area contributed by atoms with Gasteiger partial charge in [-0.2, -0.15) is 0 Å². The Bertz CT molecular complexity index is 902. The quantitative estimate of drug-likeness (QED) is 0.531. The van der Waals surface area contributed by atoms with Gasteiger partial charge in [-0.1, -0.05) is 47.4 Å². The summed E-state index contributed by atoms with van der Waals surface area (Å²) in [6, 6.07) is 13.8. The van der Waals surface area contributed by atoms with Crippen molar-refractivity contribution in [3.05, 3.63) is 65.5 Å². The molecule has 0 spiro atoms. The van der Waals surface area contributed by atoms with Crippen molar-refractivity contribution in [2.75, 3.05) is 11.9 Å². The van der Waals surface area contributed by atoms with E-state index in [9.17, 15) is 9.18 Å². The fraction of sp³-hybridized carbons (Fsp3) is 0.167.